The minimum absolute atomic E-state index is 0.0457. The number of nitrogens with one attached hydrogen (secondary N) is 1. The first-order chi connectivity index (χ1) is 9.70. The molecule has 0 aliphatic carbocycles. The van der Waals surface area contributed by atoms with E-state index in [0.717, 1.165) is 6.07 Å². The van der Waals surface area contributed by atoms with Gasteiger partial charge in [-0.3, -0.25) is 0 Å². The molecule has 21 heavy (non-hydrogen) atoms. The topological polar surface area (TPSA) is 21.3 Å². The van der Waals surface area contributed by atoms with Crippen molar-refractivity contribution in [3.05, 3.63) is 35.1 Å². The molecule has 0 spiro atoms. The summed E-state index contributed by atoms with van der Waals surface area (Å²) < 4.78 is 71.2. The standard InChI is InChI=1S/C14H16F5NO/c1-13(16,7-10-8-21-5-4-20-10)9-2-3-12(15)11(6-9)14(17,18)19/h2-3,6,10,20H,4-5,7-8H2,1H3. The van der Waals surface area contributed by atoms with E-state index in [-0.39, 0.29) is 18.0 Å². The fourth-order valence-electron chi connectivity index (χ4n) is 2.40. The molecular weight excluding hydrogens is 293 g/mol. The quantitative estimate of drug-likeness (QED) is 0.864. The Bertz CT molecular complexity index is 495. The molecule has 1 aliphatic rings. The van der Waals surface area contributed by atoms with E-state index in [2.05, 4.69) is 5.32 Å². The first-order valence-electron chi connectivity index (χ1n) is 6.57. The maximum Gasteiger partial charge on any atom is 0.419 e. The van der Waals surface area contributed by atoms with Crippen LogP contribution in [0.15, 0.2) is 18.2 Å². The van der Waals surface area contributed by atoms with Crippen LogP contribution in [-0.4, -0.2) is 25.8 Å². The molecule has 1 aromatic rings. The zero-order chi connectivity index (χ0) is 15.7. The lowest BCUT2D eigenvalue weighted by Gasteiger charge is -2.30. The highest BCUT2D eigenvalue weighted by atomic mass is 19.4. The number of halogens is 5. The molecule has 2 unspecified atom stereocenters. The minimum Gasteiger partial charge on any atom is -0.379 e. The number of benzene rings is 1. The lowest BCUT2D eigenvalue weighted by molar-refractivity contribution is -0.140. The van der Waals surface area contributed by atoms with Gasteiger partial charge in [0.15, 0.2) is 0 Å². The highest BCUT2D eigenvalue weighted by Crippen LogP contribution is 2.37. The summed E-state index contributed by atoms with van der Waals surface area (Å²) in [7, 11) is 0. The lowest BCUT2D eigenvalue weighted by atomic mass is 9.89. The Balaban J connectivity index is 2.23. The van der Waals surface area contributed by atoms with Gasteiger partial charge in [-0.05, 0) is 24.6 Å². The molecule has 1 fully saturated rings. The number of hydrogen-bond acceptors (Lipinski definition) is 2. The van der Waals surface area contributed by atoms with E-state index in [4.69, 9.17) is 4.74 Å². The summed E-state index contributed by atoms with van der Waals surface area (Å²) in [6.45, 7) is 2.58. The maximum atomic E-state index is 14.7. The SMILES string of the molecule is CC(F)(CC1COCCN1)c1ccc(F)c(C(F)(F)F)c1. The summed E-state index contributed by atoms with van der Waals surface area (Å²) in [5, 5.41) is 3.04. The molecule has 2 atom stereocenters. The molecule has 1 aromatic carbocycles. The highest BCUT2D eigenvalue weighted by Gasteiger charge is 2.37. The number of hydrogen-bond donors (Lipinski definition) is 1. The van der Waals surface area contributed by atoms with Gasteiger partial charge in [-0.1, -0.05) is 6.07 Å². The molecule has 1 heterocycles. The predicted octanol–water partition coefficient (Wildman–Crippen LogP) is 3.41. The Morgan fingerprint density at radius 2 is 2.00 bits per heavy atom. The number of ether oxygens (including phenoxy) is 1. The Morgan fingerprint density at radius 3 is 2.57 bits per heavy atom. The monoisotopic (exact) mass is 309 g/mol. The second-order valence-electron chi connectivity index (χ2n) is 5.32. The van der Waals surface area contributed by atoms with Crippen LogP contribution in [0, 0.1) is 5.82 Å². The summed E-state index contributed by atoms with van der Waals surface area (Å²) in [6.07, 6.45) is -4.89. The third-order valence-electron chi connectivity index (χ3n) is 3.50. The van der Waals surface area contributed by atoms with Crippen LogP contribution in [0.2, 0.25) is 0 Å². The van der Waals surface area contributed by atoms with Crippen LogP contribution >= 0.6 is 0 Å². The van der Waals surface area contributed by atoms with Gasteiger partial charge >= 0.3 is 6.18 Å². The Kier molecular flexibility index (Phi) is 4.53. The van der Waals surface area contributed by atoms with Crippen molar-refractivity contribution in [2.75, 3.05) is 19.8 Å². The van der Waals surface area contributed by atoms with Gasteiger partial charge in [0.2, 0.25) is 0 Å². The van der Waals surface area contributed by atoms with Gasteiger partial charge in [-0.25, -0.2) is 8.78 Å². The summed E-state index contributed by atoms with van der Waals surface area (Å²) in [5.41, 5.74) is -3.65. The Labute approximate surface area is 119 Å². The van der Waals surface area contributed by atoms with Crippen LogP contribution in [0.4, 0.5) is 22.0 Å². The lowest BCUT2D eigenvalue weighted by Crippen LogP contribution is -2.44. The fourth-order valence-corrected chi connectivity index (χ4v) is 2.40. The molecule has 0 radical (unpaired) electrons. The van der Waals surface area contributed by atoms with Gasteiger partial charge < -0.3 is 10.1 Å². The van der Waals surface area contributed by atoms with Crippen LogP contribution in [0.5, 0.6) is 0 Å². The number of morpholine rings is 1. The average molecular weight is 309 g/mol. The van der Waals surface area contributed by atoms with Crippen molar-refractivity contribution >= 4 is 0 Å². The third-order valence-corrected chi connectivity index (χ3v) is 3.50. The second-order valence-corrected chi connectivity index (χ2v) is 5.32. The molecule has 1 saturated heterocycles. The molecule has 1 aliphatic heterocycles. The summed E-state index contributed by atoms with van der Waals surface area (Å²) >= 11 is 0. The molecule has 1 N–H and O–H groups in total. The van der Waals surface area contributed by atoms with Crippen LogP contribution in [0.25, 0.3) is 0 Å². The Hall–Kier alpha value is -1.21. The molecular formula is C14H16F5NO. The van der Waals surface area contributed by atoms with Crippen molar-refractivity contribution in [3.63, 3.8) is 0 Å². The van der Waals surface area contributed by atoms with E-state index < -0.39 is 23.2 Å². The van der Waals surface area contributed by atoms with Crippen LogP contribution in [0.3, 0.4) is 0 Å². The van der Waals surface area contributed by atoms with Gasteiger partial charge in [0, 0.05) is 19.0 Å². The second kappa shape index (κ2) is 5.88. The molecule has 0 saturated carbocycles. The van der Waals surface area contributed by atoms with Gasteiger partial charge in [-0.15, -0.1) is 0 Å². The molecule has 7 heteroatoms. The first kappa shape index (κ1) is 16.2. The Morgan fingerprint density at radius 1 is 1.29 bits per heavy atom. The fraction of sp³-hybridized carbons (Fsp3) is 0.571. The van der Waals surface area contributed by atoms with E-state index in [1.165, 1.54) is 6.92 Å². The summed E-state index contributed by atoms with van der Waals surface area (Å²) in [6, 6.07) is 1.96. The number of rotatable bonds is 3. The molecule has 2 rings (SSSR count). The van der Waals surface area contributed by atoms with Crippen molar-refractivity contribution in [1.82, 2.24) is 5.32 Å². The van der Waals surface area contributed by atoms with Crippen molar-refractivity contribution in [2.24, 2.45) is 0 Å². The van der Waals surface area contributed by atoms with Gasteiger partial charge in [0.25, 0.3) is 0 Å². The van der Waals surface area contributed by atoms with Crippen LogP contribution in [0.1, 0.15) is 24.5 Å². The van der Waals surface area contributed by atoms with E-state index >= 15 is 0 Å². The summed E-state index contributed by atoms with van der Waals surface area (Å²) in [4.78, 5) is 0. The van der Waals surface area contributed by atoms with Gasteiger partial charge in [-0.2, -0.15) is 13.2 Å². The smallest absolute Gasteiger partial charge is 0.379 e. The zero-order valence-corrected chi connectivity index (χ0v) is 11.4. The molecule has 0 amide bonds. The maximum absolute atomic E-state index is 14.7. The van der Waals surface area contributed by atoms with E-state index in [0.29, 0.717) is 31.9 Å². The highest BCUT2D eigenvalue weighted by molar-refractivity contribution is 5.31. The van der Waals surface area contributed by atoms with Crippen molar-refractivity contribution in [2.45, 2.75) is 31.2 Å². The third kappa shape index (κ3) is 3.91. The van der Waals surface area contributed by atoms with Crippen LogP contribution < -0.4 is 5.32 Å². The van der Waals surface area contributed by atoms with Gasteiger partial charge in [0.05, 0.1) is 18.8 Å². The van der Waals surface area contributed by atoms with Crippen molar-refractivity contribution in [3.8, 4) is 0 Å². The number of alkyl halides is 4. The van der Waals surface area contributed by atoms with Crippen LogP contribution in [-0.2, 0) is 16.6 Å². The molecule has 2 nitrogen and oxygen atoms in total. The predicted molar refractivity (Wildman–Crippen MR) is 67.1 cm³/mol. The summed E-state index contributed by atoms with van der Waals surface area (Å²) in [5.74, 6) is -1.40. The van der Waals surface area contributed by atoms with E-state index in [9.17, 15) is 22.0 Å². The van der Waals surface area contributed by atoms with Crippen molar-refractivity contribution in [1.29, 1.82) is 0 Å². The van der Waals surface area contributed by atoms with E-state index in [1.54, 1.807) is 0 Å². The normalized spacial score (nSPS) is 22.9. The molecule has 118 valence electrons. The van der Waals surface area contributed by atoms with Crippen molar-refractivity contribution < 1.29 is 26.7 Å². The van der Waals surface area contributed by atoms with E-state index in [1.807, 2.05) is 0 Å². The largest absolute Gasteiger partial charge is 0.419 e. The molecule has 0 aromatic heterocycles. The average Bonchev–Trinajstić information content (AvgIpc) is 2.38. The zero-order valence-electron chi connectivity index (χ0n) is 11.4. The molecule has 0 bridgehead atoms. The van der Waals surface area contributed by atoms with Gasteiger partial charge in [0.1, 0.15) is 11.5 Å². The first-order valence-corrected chi connectivity index (χ1v) is 6.57. The minimum atomic E-state index is -4.84.